The lowest BCUT2D eigenvalue weighted by Gasteiger charge is -2.24. The van der Waals surface area contributed by atoms with Gasteiger partial charge in [-0.2, -0.15) is 0 Å². The van der Waals surface area contributed by atoms with Crippen LogP contribution in [0, 0.1) is 5.92 Å². The van der Waals surface area contributed by atoms with Gasteiger partial charge in [-0.1, -0.05) is 36.4 Å². The van der Waals surface area contributed by atoms with Gasteiger partial charge in [0.2, 0.25) is 5.91 Å². The van der Waals surface area contributed by atoms with Crippen molar-refractivity contribution in [2.24, 2.45) is 5.92 Å². The maximum absolute atomic E-state index is 12.8. The molecule has 2 fully saturated rings. The fourth-order valence-corrected chi connectivity index (χ4v) is 4.63. The SMILES string of the molecule is O=C(NCCCc1cccnc1)[C@H]1C[C@@H](c2ccccc2)N2CCC[C@H]12. The highest BCUT2D eigenvalue weighted by Gasteiger charge is 2.46. The summed E-state index contributed by atoms with van der Waals surface area (Å²) >= 11 is 0. The van der Waals surface area contributed by atoms with Gasteiger partial charge in [-0.05, 0) is 55.8 Å². The molecule has 0 radical (unpaired) electrons. The number of aryl methyl sites for hydroxylation is 1. The average Bonchev–Trinajstić information content (AvgIpc) is 3.29. The van der Waals surface area contributed by atoms with Crippen LogP contribution in [0.1, 0.15) is 42.9 Å². The predicted molar refractivity (Wildman–Crippen MR) is 103 cm³/mol. The van der Waals surface area contributed by atoms with Gasteiger partial charge in [0.25, 0.3) is 0 Å². The van der Waals surface area contributed by atoms with Crippen molar-refractivity contribution < 1.29 is 4.79 Å². The van der Waals surface area contributed by atoms with Gasteiger partial charge < -0.3 is 5.32 Å². The first-order valence-corrected chi connectivity index (χ1v) is 9.80. The number of rotatable bonds is 6. The van der Waals surface area contributed by atoms with E-state index in [2.05, 4.69) is 51.6 Å². The Morgan fingerprint density at radius 1 is 1.19 bits per heavy atom. The monoisotopic (exact) mass is 349 g/mol. The molecule has 3 heterocycles. The zero-order chi connectivity index (χ0) is 17.8. The van der Waals surface area contributed by atoms with E-state index in [-0.39, 0.29) is 11.8 Å². The molecule has 136 valence electrons. The van der Waals surface area contributed by atoms with Crippen LogP contribution in [0.2, 0.25) is 0 Å². The number of hydrogen-bond acceptors (Lipinski definition) is 3. The Morgan fingerprint density at radius 2 is 2.08 bits per heavy atom. The molecule has 3 atom stereocenters. The summed E-state index contributed by atoms with van der Waals surface area (Å²) in [5.41, 5.74) is 2.58. The number of pyridine rings is 1. The summed E-state index contributed by atoms with van der Waals surface area (Å²) in [6.45, 7) is 1.86. The normalized spacial score (nSPS) is 25.2. The fourth-order valence-electron chi connectivity index (χ4n) is 4.63. The molecule has 2 aromatic rings. The lowest BCUT2D eigenvalue weighted by atomic mass is 9.93. The maximum Gasteiger partial charge on any atom is 0.224 e. The first-order valence-electron chi connectivity index (χ1n) is 9.80. The fraction of sp³-hybridized carbons (Fsp3) is 0.455. The summed E-state index contributed by atoms with van der Waals surface area (Å²) in [5.74, 6) is 0.368. The van der Waals surface area contributed by atoms with E-state index in [1.54, 1.807) is 6.20 Å². The van der Waals surface area contributed by atoms with Gasteiger partial charge >= 0.3 is 0 Å². The van der Waals surface area contributed by atoms with Crippen LogP contribution >= 0.6 is 0 Å². The van der Waals surface area contributed by atoms with Crippen molar-refractivity contribution in [2.75, 3.05) is 13.1 Å². The molecule has 0 bridgehead atoms. The van der Waals surface area contributed by atoms with E-state index in [1.807, 2.05) is 12.3 Å². The smallest absolute Gasteiger partial charge is 0.224 e. The van der Waals surface area contributed by atoms with Crippen molar-refractivity contribution in [1.82, 2.24) is 15.2 Å². The molecule has 2 saturated heterocycles. The number of carbonyl (C=O) groups is 1. The second kappa shape index (κ2) is 8.00. The van der Waals surface area contributed by atoms with Crippen LogP contribution in [-0.2, 0) is 11.2 Å². The van der Waals surface area contributed by atoms with Crippen molar-refractivity contribution in [3.63, 3.8) is 0 Å². The molecule has 1 N–H and O–H groups in total. The van der Waals surface area contributed by atoms with Crippen LogP contribution in [0.3, 0.4) is 0 Å². The lowest BCUT2D eigenvalue weighted by molar-refractivity contribution is -0.125. The van der Waals surface area contributed by atoms with Gasteiger partial charge in [0, 0.05) is 31.0 Å². The lowest BCUT2D eigenvalue weighted by Crippen LogP contribution is -2.37. The van der Waals surface area contributed by atoms with Gasteiger partial charge in [-0.25, -0.2) is 0 Å². The Morgan fingerprint density at radius 3 is 2.88 bits per heavy atom. The van der Waals surface area contributed by atoms with Crippen LogP contribution in [0.25, 0.3) is 0 Å². The molecule has 2 aliphatic rings. The first-order chi connectivity index (χ1) is 12.8. The zero-order valence-electron chi connectivity index (χ0n) is 15.2. The van der Waals surface area contributed by atoms with E-state index in [0.717, 1.165) is 38.8 Å². The highest BCUT2D eigenvalue weighted by atomic mass is 16.2. The highest BCUT2D eigenvalue weighted by Crippen LogP contribution is 2.44. The minimum atomic E-state index is 0.126. The molecule has 1 amide bonds. The van der Waals surface area contributed by atoms with Gasteiger partial charge in [-0.15, -0.1) is 0 Å². The quantitative estimate of drug-likeness (QED) is 0.814. The largest absolute Gasteiger partial charge is 0.356 e. The molecule has 0 saturated carbocycles. The number of carbonyl (C=O) groups excluding carboxylic acids is 1. The summed E-state index contributed by atoms with van der Waals surface area (Å²) in [6.07, 6.45) is 8.92. The minimum Gasteiger partial charge on any atom is -0.356 e. The Bertz CT molecular complexity index is 719. The van der Waals surface area contributed by atoms with Crippen LogP contribution in [0.15, 0.2) is 54.9 Å². The summed E-state index contributed by atoms with van der Waals surface area (Å²) in [4.78, 5) is 19.5. The summed E-state index contributed by atoms with van der Waals surface area (Å²) in [5, 5.41) is 3.19. The van der Waals surface area contributed by atoms with Crippen molar-refractivity contribution in [2.45, 2.75) is 44.2 Å². The zero-order valence-corrected chi connectivity index (χ0v) is 15.2. The standard InChI is InChI=1S/C22H27N3O/c26-22(24-13-5-8-17-7-4-12-23-16-17)19-15-21(18-9-2-1-3-10-18)25-14-6-11-20(19)25/h1-4,7,9-10,12,16,19-21H,5-6,8,11,13-15H2,(H,24,26)/t19-,20+,21-/m0/s1. The summed E-state index contributed by atoms with van der Waals surface area (Å²) in [7, 11) is 0. The van der Waals surface area contributed by atoms with Crippen molar-refractivity contribution in [3.8, 4) is 0 Å². The van der Waals surface area contributed by atoms with Crippen LogP contribution < -0.4 is 5.32 Å². The Balaban J connectivity index is 1.33. The molecule has 4 rings (SSSR count). The maximum atomic E-state index is 12.8. The molecular formula is C22H27N3O. The van der Waals surface area contributed by atoms with Crippen molar-refractivity contribution >= 4 is 5.91 Å². The minimum absolute atomic E-state index is 0.126. The Labute approximate surface area is 155 Å². The van der Waals surface area contributed by atoms with E-state index in [4.69, 9.17) is 0 Å². The first kappa shape index (κ1) is 17.2. The van der Waals surface area contributed by atoms with E-state index >= 15 is 0 Å². The number of nitrogens with zero attached hydrogens (tertiary/aromatic N) is 2. The van der Waals surface area contributed by atoms with E-state index in [1.165, 1.54) is 17.5 Å². The van der Waals surface area contributed by atoms with Crippen molar-refractivity contribution in [1.29, 1.82) is 0 Å². The molecule has 1 aromatic carbocycles. The number of amides is 1. The molecule has 26 heavy (non-hydrogen) atoms. The van der Waals surface area contributed by atoms with Crippen molar-refractivity contribution in [3.05, 3.63) is 66.0 Å². The van der Waals surface area contributed by atoms with Gasteiger partial charge in [-0.3, -0.25) is 14.7 Å². The average molecular weight is 349 g/mol. The van der Waals surface area contributed by atoms with E-state index < -0.39 is 0 Å². The molecule has 0 unspecified atom stereocenters. The third-order valence-corrected chi connectivity index (χ3v) is 5.87. The summed E-state index contributed by atoms with van der Waals surface area (Å²) in [6, 6.07) is 15.5. The number of benzene rings is 1. The van der Waals surface area contributed by atoms with E-state index in [9.17, 15) is 4.79 Å². The van der Waals surface area contributed by atoms with Crippen LogP contribution in [0.5, 0.6) is 0 Å². The van der Waals surface area contributed by atoms with Gasteiger partial charge in [0.1, 0.15) is 0 Å². The molecule has 4 heteroatoms. The molecule has 4 nitrogen and oxygen atoms in total. The third kappa shape index (κ3) is 3.65. The van der Waals surface area contributed by atoms with E-state index in [0.29, 0.717) is 12.1 Å². The Kier molecular flexibility index (Phi) is 5.30. The second-order valence-corrected chi connectivity index (χ2v) is 7.47. The third-order valence-electron chi connectivity index (χ3n) is 5.87. The number of hydrogen-bond donors (Lipinski definition) is 1. The summed E-state index contributed by atoms with van der Waals surface area (Å²) < 4.78 is 0. The molecular weight excluding hydrogens is 322 g/mol. The number of nitrogens with one attached hydrogen (secondary N) is 1. The topological polar surface area (TPSA) is 45.2 Å². The van der Waals surface area contributed by atoms with Crippen LogP contribution in [0.4, 0.5) is 0 Å². The highest BCUT2D eigenvalue weighted by molar-refractivity contribution is 5.80. The molecule has 1 aromatic heterocycles. The molecule has 2 aliphatic heterocycles. The molecule has 0 spiro atoms. The Hall–Kier alpha value is -2.20. The number of fused-ring (bicyclic) bond motifs is 1. The second-order valence-electron chi connectivity index (χ2n) is 7.47. The predicted octanol–water partition coefficient (Wildman–Crippen LogP) is 3.36. The molecule has 0 aliphatic carbocycles. The van der Waals surface area contributed by atoms with Crippen LogP contribution in [-0.4, -0.2) is 34.9 Å². The number of aromatic nitrogens is 1. The van der Waals surface area contributed by atoms with Gasteiger partial charge in [0.15, 0.2) is 0 Å². The van der Waals surface area contributed by atoms with Gasteiger partial charge in [0.05, 0.1) is 5.92 Å².